The minimum Gasteiger partial charge on any atom is -0.444 e. The average molecular weight is 270 g/mol. The third-order valence-electron chi connectivity index (χ3n) is 2.61. The van der Waals surface area contributed by atoms with Crippen LogP contribution < -0.4 is 5.32 Å². The molecule has 1 aromatic rings. The topological polar surface area (TPSA) is 64.1 Å². The van der Waals surface area contributed by atoms with E-state index in [4.69, 9.17) is 16.3 Å². The number of nitrogens with zero attached hydrogens (tertiary/aromatic N) is 2. The Morgan fingerprint density at radius 3 is 2.67 bits per heavy atom. The maximum Gasteiger partial charge on any atom is 0.408 e. The van der Waals surface area contributed by atoms with E-state index in [0.717, 1.165) is 18.5 Å². The molecule has 98 valence electrons. The summed E-state index contributed by atoms with van der Waals surface area (Å²) in [5, 5.41) is 3.04. The molecule has 2 rings (SSSR count). The molecule has 1 aliphatic carbocycles. The van der Waals surface area contributed by atoms with Crippen LogP contribution in [0.5, 0.6) is 0 Å². The fourth-order valence-corrected chi connectivity index (χ4v) is 1.82. The summed E-state index contributed by atoms with van der Waals surface area (Å²) in [5.74, 6) is 0. The van der Waals surface area contributed by atoms with Gasteiger partial charge in [-0.25, -0.2) is 14.8 Å². The van der Waals surface area contributed by atoms with Crippen LogP contribution in [0.1, 0.15) is 39.3 Å². The Morgan fingerprint density at radius 1 is 1.50 bits per heavy atom. The molecule has 0 spiro atoms. The second-order valence-corrected chi connectivity index (χ2v) is 5.76. The van der Waals surface area contributed by atoms with Crippen molar-refractivity contribution in [1.82, 2.24) is 15.3 Å². The van der Waals surface area contributed by atoms with Crippen molar-refractivity contribution in [3.63, 3.8) is 0 Å². The molecule has 0 aromatic carbocycles. The molecule has 1 amide bonds. The van der Waals surface area contributed by atoms with Crippen molar-refractivity contribution in [1.29, 1.82) is 0 Å². The zero-order valence-electron chi connectivity index (χ0n) is 10.7. The van der Waals surface area contributed by atoms with E-state index in [1.807, 2.05) is 20.8 Å². The number of alkyl carbamates (subject to hydrolysis) is 1. The van der Waals surface area contributed by atoms with Gasteiger partial charge in [-0.3, -0.25) is 0 Å². The van der Waals surface area contributed by atoms with Gasteiger partial charge < -0.3 is 10.1 Å². The van der Waals surface area contributed by atoms with Gasteiger partial charge in [0.05, 0.1) is 11.2 Å². The Bertz CT molecular complexity index is 467. The van der Waals surface area contributed by atoms with Gasteiger partial charge in [-0.2, -0.15) is 0 Å². The standard InChI is InChI=1S/C12H16ClN3O2/c1-11(2,3)18-10(17)16-12(5-6-12)8-4-7-14-9(13)15-8/h4,7H,5-6H2,1-3H3,(H,16,17). The Morgan fingerprint density at radius 2 is 2.17 bits per heavy atom. The Hall–Kier alpha value is -1.36. The van der Waals surface area contributed by atoms with Gasteiger partial charge in [-0.1, -0.05) is 0 Å². The van der Waals surface area contributed by atoms with E-state index in [1.165, 1.54) is 0 Å². The lowest BCUT2D eigenvalue weighted by Crippen LogP contribution is -2.39. The zero-order chi connectivity index (χ0) is 13.4. The van der Waals surface area contributed by atoms with Crippen LogP contribution in [0.25, 0.3) is 0 Å². The molecule has 0 unspecified atom stereocenters. The number of hydrogen-bond acceptors (Lipinski definition) is 4. The van der Waals surface area contributed by atoms with Crippen molar-refractivity contribution in [2.24, 2.45) is 0 Å². The molecular weight excluding hydrogens is 254 g/mol. The number of nitrogens with one attached hydrogen (secondary N) is 1. The molecule has 1 aliphatic rings. The molecule has 0 bridgehead atoms. The van der Waals surface area contributed by atoms with Gasteiger partial charge in [0, 0.05) is 6.20 Å². The molecule has 0 saturated heterocycles. The van der Waals surface area contributed by atoms with Gasteiger partial charge in [0.1, 0.15) is 5.60 Å². The first-order valence-electron chi connectivity index (χ1n) is 5.81. The minimum atomic E-state index is -0.510. The Labute approximate surface area is 111 Å². The largest absolute Gasteiger partial charge is 0.444 e. The molecule has 0 aliphatic heterocycles. The van der Waals surface area contributed by atoms with Crippen LogP contribution in [0.4, 0.5) is 4.79 Å². The summed E-state index contributed by atoms with van der Waals surface area (Å²) in [6, 6.07) is 1.76. The van der Waals surface area contributed by atoms with Crippen LogP contribution in [0.15, 0.2) is 12.3 Å². The quantitative estimate of drug-likeness (QED) is 0.839. The van der Waals surface area contributed by atoms with Gasteiger partial charge >= 0.3 is 6.09 Å². The average Bonchev–Trinajstić information content (AvgIpc) is 2.95. The van der Waals surface area contributed by atoms with E-state index in [-0.39, 0.29) is 5.28 Å². The number of carbonyl (C=O) groups excluding carboxylic acids is 1. The Kier molecular flexibility index (Phi) is 3.19. The molecule has 18 heavy (non-hydrogen) atoms. The summed E-state index contributed by atoms with van der Waals surface area (Å²) in [5.41, 5.74) is -0.216. The van der Waals surface area contributed by atoms with Gasteiger partial charge in [-0.15, -0.1) is 0 Å². The van der Waals surface area contributed by atoms with Crippen LogP contribution in [0.2, 0.25) is 5.28 Å². The number of aromatic nitrogens is 2. The fourth-order valence-electron chi connectivity index (χ4n) is 1.67. The van der Waals surface area contributed by atoms with E-state index in [2.05, 4.69) is 15.3 Å². The molecular formula is C12H16ClN3O2. The van der Waals surface area contributed by atoms with Gasteiger partial charge in [-0.05, 0) is 51.3 Å². The van der Waals surface area contributed by atoms with E-state index in [1.54, 1.807) is 12.3 Å². The number of carbonyl (C=O) groups is 1. The number of rotatable bonds is 2. The predicted molar refractivity (Wildman–Crippen MR) is 67.3 cm³/mol. The molecule has 1 N–H and O–H groups in total. The van der Waals surface area contributed by atoms with E-state index >= 15 is 0 Å². The third-order valence-corrected chi connectivity index (χ3v) is 2.79. The Balaban J connectivity index is 2.07. The highest BCUT2D eigenvalue weighted by Crippen LogP contribution is 2.44. The van der Waals surface area contributed by atoms with Gasteiger partial charge in [0.2, 0.25) is 5.28 Å². The second-order valence-electron chi connectivity index (χ2n) is 5.42. The lowest BCUT2D eigenvalue weighted by Gasteiger charge is -2.23. The summed E-state index contributed by atoms with van der Waals surface area (Å²) >= 11 is 5.76. The number of amides is 1. The smallest absolute Gasteiger partial charge is 0.408 e. The molecule has 1 heterocycles. The lowest BCUT2D eigenvalue weighted by molar-refractivity contribution is 0.0493. The van der Waals surface area contributed by atoms with Crippen molar-refractivity contribution in [2.45, 2.75) is 44.8 Å². The van der Waals surface area contributed by atoms with E-state index < -0.39 is 17.2 Å². The number of hydrogen-bond donors (Lipinski definition) is 1. The van der Waals surface area contributed by atoms with Crippen molar-refractivity contribution >= 4 is 17.7 Å². The van der Waals surface area contributed by atoms with Gasteiger partial charge in [0.15, 0.2) is 0 Å². The maximum absolute atomic E-state index is 11.8. The van der Waals surface area contributed by atoms with Crippen LogP contribution in [0, 0.1) is 0 Å². The third kappa shape index (κ3) is 3.10. The first-order chi connectivity index (χ1) is 8.31. The highest BCUT2D eigenvalue weighted by Gasteiger charge is 2.48. The summed E-state index contributed by atoms with van der Waals surface area (Å²) in [6.45, 7) is 5.48. The highest BCUT2D eigenvalue weighted by molar-refractivity contribution is 6.28. The molecule has 6 heteroatoms. The first kappa shape index (κ1) is 13.1. The fraction of sp³-hybridized carbons (Fsp3) is 0.583. The summed E-state index contributed by atoms with van der Waals surface area (Å²) in [7, 11) is 0. The number of ether oxygens (including phenoxy) is 1. The molecule has 0 radical (unpaired) electrons. The van der Waals surface area contributed by atoms with Crippen molar-refractivity contribution < 1.29 is 9.53 Å². The first-order valence-corrected chi connectivity index (χ1v) is 6.19. The van der Waals surface area contributed by atoms with E-state index in [9.17, 15) is 4.79 Å². The van der Waals surface area contributed by atoms with Crippen LogP contribution in [-0.2, 0) is 10.3 Å². The van der Waals surface area contributed by atoms with Crippen LogP contribution in [0.3, 0.4) is 0 Å². The summed E-state index contributed by atoms with van der Waals surface area (Å²) in [6.07, 6.45) is 2.82. The van der Waals surface area contributed by atoms with Crippen LogP contribution >= 0.6 is 11.6 Å². The molecule has 5 nitrogen and oxygen atoms in total. The second kappa shape index (κ2) is 4.39. The van der Waals surface area contributed by atoms with Crippen molar-refractivity contribution in [3.05, 3.63) is 23.2 Å². The zero-order valence-corrected chi connectivity index (χ0v) is 11.4. The molecule has 0 atom stereocenters. The minimum absolute atomic E-state index is 0.185. The predicted octanol–water partition coefficient (Wildman–Crippen LogP) is 2.64. The molecule has 1 fully saturated rings. The highest BCUT2D eigenvalue weighted by atomic mass is 35.5. The summed E-state index contributed by atoms with van der Waals surface area (Å²) in [4.78, 5) is 19.7. The molecule has 1 aromatic heterocycles. The lowest BCUT2D eigenvalue weighted by atomic mass is 10.2. The normalized spacial score (nSPS) is 17.1. The van der Waals surface area contributed by atoms with E-state index in [0.29, 0.717) is 0 Å². The molecule has 1 saturated carbocycles. The monoisotopic (exact) mass is 269 g/mol. The maximum atomic E-state index is 11.8. The number of halogens is 1. The van der Waals surface area contributed by atoms with Crippen molar-refractivity contribution in [2.75, 3.05) is 0 Å². The van der Waals surface area contributed by atoms with Crippen molar-refractivity contribution in [3.8, 4) is 0 Å². The summed E-state index contributed by atoms with van der Waals surface area (Å²) < 4.78 is 5.24. The SMILES string of the molecule is CC(C)(C)OC(=O)NC1(c2ccnc(Cl)n2)CC1. The van der Waals surface area contributed by atoms with Crippen LogP contribution in [-0.4, -0.2) is 21.7 Å². The van der Waals surface area contributed by atoms with Gasteiger partial charge in [0.25, 0.3) is 0 Å².